The lowest BCUT2D eigenvalue weighted by atomic mass is 10.1. The van der Waals surface area contributed by atoms with Gasteiger partial charge in [-0.1, -0.05) is 17.0 Å². The summed E-state index contributed by atoms with van der Waals surface area (Å²) in [6, 6.07) is 10.7. The van der Waals surface area contributed by atoms with E-state index in [1.165, 1.54) is 31.1 Å². The van der Waals surface area contributed by atoms with Crippen LogP contribution in [0.3, 0.4) is 0 Å². The van der Waals surface area contributed by atoms with Gasteiger partial charge in [-0.15, -0.1) is 5.10 Å². The van der Waals surface area contributed by atoms with Crippen LogP contribution in [0.5, 0.6) is 5.75 Å². The molecule has 0 atom stereocenters. The monoisotopic (exact) mass is 404 g/mol. The smallest absolute Gasteiger partial charge is 0.242 e. The molecule has 8 nitrogen and oxygen atoms in total. The molecule has 0 radical (unpaired) electrons. The van der Waals surface area contributed by atoms with Crippen molar-refractivity contribution in [3.05, 3.63) is 47.5 Å². The second kappa shape index (κ2) is 8.15. The van der Waals surface area contributed by atoms with E-state index in [9.17, 15) is 8.42 Å². The number of ether oxygens (including phenoxy) is 1. The number of aryl methyl sites for hydroxylation is 2. The molecule has 150 valence electrons. The van der Waals surface area contributed by atoms with Gasteiger partial charge in [0.1, 0.15) is 23.4 Å². The molecule has 0 aliphatic carbocycles. The lowest BCUT2D eigenvalue weighted by molar-refractivity contribution is 0.0778. The Bertz CT molecular complexity index is 1080. The quantitative estimate of drug-likeness (QED) is 0.535. The molecule has 0 aliphatic heterocycles. The van der Waals surface area contributed by atoms with E-state index in [0.29, 0.717) is 30.7 Å². The summed E-state index contributed by atoms with van der Waals surface area (Å²) in [5, 5.41) is 7.94. The minimum Gasteiger partial charge on any atom is -0.493 e. The van der Waals surface area contributed by atoms with Crippen LogP contribution in [0.15, 0.2) is 41.3 Å². The highest BCUT2D eigenvalue weighted by Crippen LogP contribution is 2.20. The van der Waals surface area contributed by atoms with Crippen molar-refractivity contribution in [2.75, 3.05) is 27.3 Å². The standard InChI is InChI=1S/C19H24N4O4S/c1-14-6-7-15(2)19(12-14)26-10-5-11-27-23-18-13-16(28(24,25)22(3)4)8-9-17(18)20-21-23/h6-9,12-13H,5,10-11H2,1-4H3. The van der Waals surface area contributed by atoms with Crippen molar-refractivity contribution in [3.63, 3.8) is 0 Å². The average Bonchev–Trinajstić information content (AvgIpc) is 3.06. The van der Waals surface area contributed by atoms with Crippen LogP contribution in [0.2, 0.25) is 0 Å². The number of rotatable bonds is 8. The fraction of sp³-hybridized carbons (Fsp3) is 0.368. The Kier molecular flexibility index (Phi) is 5.85. The fourth-order valence-electron chi connectivity index (χ4n) is 2.60. The summed E-state index contributed by atoms with van der Waals surface area (Å²) < 4.78 is 31.6. The highest BCUT2D eigenvalue weighted by molar-refractivity contribution is 7.89. The minimum atomic E-state index is -3.54. The minimum absolute atomic E-state index is 0.162. The summed E-state index contributed by atoms with van der Waals surface area (Å²) in [7, 11) is -0.566. The van der Waals surface area contributed by atoms with Crippen molar-refractivity contribution in [2.24, 2.45) is 0 Å². The lowest BCUT2D eigenvalue weighted by Gasteiger charge is -2.12. The van der Waals surface area contributed by atoms with E-state index in [2.05, 4.69) is 10.3 Å². The molecule has 0 bridgehead atoms. The Morgan fingerprint density at radius 1 is 1.07 bits per heavy atom. The molecule has 9 heteroatoms. The Hall–Kier alpha value is -2.65. The third-order valence-electron chi connectivity index (χ3n) is 4.27. The summed E-state index contributed by atoms with van der Waals surface area (Å²) in [5.41, 5.74) is 3.29. The Morgan fingerprint density at radius 3 is 2.61 bits per heavy atom. The molecule has 0 saturated carbocycles. The van der Waals surface area contributed by atoms with Crippen LogP contribution in [0, 0.1) is 13.8 Å². The molecular formula is C19H24N4O4S. The van der Waals surface area contributed by atoms with Gasteiger partial charge in [-0.3, -0.25) is 0 Å². The van der Waals surface area contributed by atoms with Gasteiger partial charge in [-0.05, 0) is 54.5 Å². The third kappa shape index (κ3) is 4.26. The van der Waals surface area contributed by atoms with Gasteiger partial charge in [0.05, 0.1) is 11.5 Å². The molecule has 1 aromatic heterocycles. The van der Waals surface area contributed by atoms with E-state index >= 15 is 0 Å². The number of fused-ring (bicyclic) bond motifs is 1. The topological polar surface area (TPSA) is 86.5 Å². The van der Waals surface area contributed by atoms with E-state index in [1.54, 1.807) is 6.07 Å². The van der Waals surface area contributed by atoms with E-state index in [-0.39, 0.29) is 4.90 Å². The van der Waals surface area contributed by atoms with Gasteiger partial charge >= 0.3 is 0 Å². The largest absolute Gasteiger partial charge is 0.493 e. The molecule has 3 rings (SSSR count). The number of nitrogens with zero attached hydrogens (tertiary/aromatic N) is 4. The van der Waals surface area contributed by atoms with Gasteiger partial charge in [-0.2, -0.15) is 0 Å². The summed E-state index contributed by atoms with van der Waals surface area (Å²) in [5.74, 6) is 0.865. The van der Waals surface area contributed by atoms with Crippen LogP contribution >= 0.6 is 0 Å². The van der Waals surface area contributed by atoms with E-state index < -0.39 is 10.0 Å². The fourth-order valence-corrected chi connectivity index (χ4v) is 3.52. The molecule has 0 aliphatic rings. The van der Waals surface area contributed by atoms with Gasteiger partial charge in [-0.25, -0.2) is 12.7 Å². The number of benzene rings is 2. The molecule has 28 heavy (non-hydrogen) atoms. The van der Waals surface area contributed by atoms with Gasteiger partial charge in [0.2, 0.25) is 10.0 Å². The molecule has 0 fully saturated rings. The number of sulfonamides is 1. The average molecular weight is 404 g/mol. The van der Waals surface area contributed by atoms with Crippen molar-refractivity contribution in [1.82, 2.24) is 19.5 Å². The highest BCUT2D eigenvalue weighted by atomic mass is 32.2. The lowest BCUT2D eigenvalue weighted by Crippen LogP contribution is -2.22. The second-order valence-electron chi connectivity index (χ2n) is 6.70. The first-order valence-corrected chi connectivity index (χ1v) is 10.3. The van der Waals surface area contributed by atoms with Crippen LogP contribution in [0.1, 0.15) is 17.5 Å². The third-order valence-corrected chi connectivity index (χ3v) is 6.08. The summed E-state index contributed by atoms with van der Waals surface area (Å²) in [6.07, 6.45) is 0.643. The van der Waals surface area contributed by atoms with E-state index in [0.717, 1.165) is 21.2 Å². The van der Waals surface area contributed by atoms with Gasteiger partial charge in [0.15, 0.2) is 0 Å². The maximum absolute atomic E-state index is 12.3. The first-order valence-electron chi connectivity index (χ1n) is 8.90. The maximum Gasteiger partial charge on any atom is 0.242 e. The Labute approximate surface area is 164 Å². The molecule has 3 aromatic rings. The summed E-state index contributed by atoms with van der Waals surface area (Å²) >= 11 is 0. The van der Waals surface area contributed by atoms with E-state index in [4.69, 9.17) is 9.57 Å². The molecule has 0 spiro atoms. The zero-order chi connectivity index (χ0) is 20.3. The molecule has 0 amide bonds. The van der Waals surface area contributed by atoms with Crippen molar-refractivity contribution in [3.8, 4) is 5.75 Å². The summed E-state index contributed by atoms with van der Waals surface area (Å²) in [4.78, 5) is 7.05. The van der Waals surface area contributed by atoms with Crippen molar-refractivity contribution >= 4 is 21.1 Å². The molecule has 0 saturated heterocycles. The van der Waals surface area contributed by atoms with Crippen molar-refractivity contribution in [1.29, 1.82) is 0 Å². The van der Waals surface area contributed by atoms with Crippen LogP contribution < -0.4 is 9.57 Å². The highest BCUT2D eigenvalue weighted by Gasteiger charge is 2.19. The van der Waals surface area contributed by atoms with Crippen LogP contribution in [-0.4, -0.2) is 55.2 Å². The SMILES string of the molecule is Cc1ccc(C)c(OCCCOn2nnc3ccc(S(=O)(=O)N(C)C)cc32)c1. The van der Waals surface area contributed by atoms with Crippen LogP contribution in [0.4, 0.5) is 0 Å². The predicted molar refractivity (Wildman–Crippen MR) is 106 cm³/mol. The van der Waals surface area contributed by atoms with E-state index in [1.807, 2.05) is 32.0 Å². The normalized spacial score (nSPS) is 11.9. The zero-order valence-electron chi connectivity index (χ0n) is 16.4. The number of hydrogen-bond acceptors (Lipinski definition) is 6. The molecular weight excluding hydrogens is 380 g/mol. The van der Waals surface area contributed by atoms with Crippen molar-refractivity contribution < 1.29 is 18.0 Å². The zero-order valence-corrected chi connectivity index (χ0v) is 17.2. The van der Waals surface area contributed by atoms with Gasteiger partial charge in [0, 0.05) is 20.5 Å². The molecule has 0 N–H and O–H groups in total. The first-order chi connectivity index (χ1) is 13.3. The maximum atomic E-state index is 12.3. The molecule has 0 unspecified atom stereocenters. The number of aromatic nitrogens is 3. The second-order valence-corrected chi connectivity index (χ2v) is 8.86. The molecule has 1 heterocycles. The Balaban J connectivity index is 1.62. The first kappa shape index (κ1) is 20.1. The number of hydrogen-bond donors (Lipinski definition) is 0. The van der Waals surface area contributed by atoms with Crippen molar-refractivity contribution in [2.45, 2.75) is 25.2 Å². The van der Waals surface area contributed by atoms with Crippen LogP contribution in [0.25, 0.3) is 11.0 Å². The Morgan fingerprint density at radius 2 is 1.86 bits per heavy atom. The summed E-state index contributed by atoms with van der Waals surface area (Å²) in [6.45, 7) is 4.88. The molecule has 2 aromatic carbocycles. The van der Waals surface area contributed by atoms with Crippen LogP contribution in [-0.2, 0) is 10.0 Å². The predicted octanol–water partition coefficient (Wildman–Crippen LogP) is 2.20. The van der Waals surface area contributed by atoms with Gasteiger partial charge < -0.3 is 9.57 Å². The van der Waals surface area contributed by atoms with Gasteiger partial charge in [0.25, 0.3) is 0 Å².